The van der Waals surface area contributed by atoms with Crippen LogP contribution in [0.15, 0.2) is 18.2 Å². The third kappa shape index (κ3) is 4.23. The van der Waals surface area contributed by atoms with Gasteiger partial charge in [-0.3, -0.25) is 4.90 Å². The number of rotatable bonds is 3. The summed E-state index contributed by atoms with van der Waals surface area (Å²) in [4.78, 5) is 2.45. The Balaban J connectivity index is 2.08. The summed E-state index contributed by atoms with van der Waals surface area (Å²) >= 11 is 4.90. The van der Waals surface area contributed by atoms with Crippen LogP contribution in [0, 0.1) is 5.82 Å². The number of nitrogens with two attached hydrogens (primary N) is 1. The van der Waals surface area contributed by atoms with Crippen molar-refractivity contribution in [2.75, 3.05) is 13.1 Å². The van der Waals surface area contributed by atoms with Gasteiger partial charge in [0.05, 0.1) is 5.60 Å². The molecule has 0 aromatic heterocycles. The van der Waals surface area contributed by atoms with Crippen LogP contribution < -0.4 is 5.73 Å². The molecule has 1 saturated heterocycles. The molecule has 1 unspecified atom stereocenters. The Morgan fingerprint density at radius 3 is 2.85 bits per heavy atom. The quantitative estimate of drug-likeness (QED) is 0.840. The molecule has 0 radical (unpaired) electrons. The fraction of sp³-hybridized carbons (Fsp3) is 0.533. The molecule has 0 saturated carbocycles. The van der Waals surface area contributed by atoms with Crippen molar-refractivity contribution in [2.45, 2.75) is 38.3 Å². The van der Waals surface area contributed by atoms with Crippen LogP contribution in [-0.4, -0.2) is 33.7 Å². The first-order valence-electron chi connectivity index (χ1n) is 6.90. The summed E-state index contributed by atoms with van der Waals surface area (Å²) in [5, 5.41) is 10.1. The third-order valence-electron chi connectivity index (χ3n) is 3.80. The largest absolute Gasteiger partial charge is 0.390 e. The van der Waals surface area contributed by atoms with Crippen molar-refractivity contribution in [1.29, 1.82) is 0 Å². The van der Waals surface area contributed by atoms with Gasteiger partial charge < -0.3 is 10.8 Å². The van der Waals surface area contributed by atoms with Gasteiger partial charge in [-0.05, 0) is 56.5 Å². The van der Waals surface area contributed by atoms with E-state index in [1.54, 1.807) is 0 Å². The fourth-order valence-corrected chi connectivity index (χ4v) is 2.74. The highest BCUT2D eigenvalue weighted by Gasteiger charge is 2.24. The van der Waals surface area contributed by atoms with E-state index in [1.807, 2.05) is 13.0 Å². The third-order valence-corrected chi connectivity index (χ3v) is 4.04. The summed E-state index contributed by atoms with van der Waals surface area (Å²) in [6, 6.07) is 4.72. The second kappa shape index (κ2) is 6.16. The lowest BCUT2D eigenvalue weighted by Gasteiger charge is -2.22. The van der Waals surface area contributed by atoms with Gasteiger partial charge in [-0.15, -0.1) is 0 Å². The van der Waals surface area contributed by atoms with E-state index in [2.05, 4.69) is 4.90 Å². The van der Waals surface area contributed by atoms with Crippen molar-refractivity contribution in [3.05, 3.63) is 35.1 Å². The van der Waals surface area contributed by atoms with E-state index < -0.39 is 5.60 Å². The molecule has 1 fully saturated rings. The maximum Gasteiger partial charge on any atom is 0.124 e. The summed E-state index contributed by atoms with van der Waals surface area (Å²) in [5.74, 6) is -0.313. The lowest BCUT2D eigenvalue weighted by molar-refractivity contribution is 0.0444. The maximum atomic E-state index is 13.6. The molecule has 1 heterocycles. The number of likely N-dealkylation sites (tertiary alicyclic amines) is 1. The van der Waals surface area contributed by atoms with Crippen LogP contribution in [0.25, 0.3) is 0 Å². The lowest BCUT2D eigenvalue weighted by atomic mass is 9.98. The zero-order chi connectivity index (χ0) is 14.8. The Morgan fingerprint density at radius 1 is 1.40 bits per heavy atom. The van der Waals surface area contributed by atoms with Crippen molar-refractivity contribution >= 4 is 17.2 Å². The molecular weight excluding hydrogens is 275 g/mol. The molecule has 20 heavy (non-hydrogen) atoms. The highest BCUT2D eigenvalue weighted by molar-refractivity contribution is 7.80. The molecule has 5 heteroatoms. The minimum absolute atomic E-state index is 0.213. The zero-order valence-electron chi connectivity index (χ0n) is 11.7. The van der Waals surface area contributed by atoms with Gasteiger partial charge >= 0.3 is 0 Å². The van der Waals surface area contributed by atoms with Gasteiger partial charge in [-0.25, -0.2) is 4.39 Å². The van der Waals surface area contributed by atoms with Crippen molar-refractivity contribution in [2.24, 2.45) is 5.73 Å². The fourth-order valence-electron chi connectivity index (χ4n) is 2.62. The van der Waals surface area contributed by atoms with Crippen LogP contribution in [-0.2, 0) is 6.54 Å². The SMILES string of the molecule is CC1(O)CCCN(Cc2cc(F)cc(C(N)=S)c2)CC1. The predicted octanol–water partition coefficient (Wildman–Crippen LogP) is 2.20. The Bertz CT molecular complexity index is 505. The maximum absolute atomic E-state index is 13.6. The van der Waals surface area contributed by atoms with E-state index in [-0.39, 0.29) is 10.8 Å². The van der Waals surface area contributed by atoms with Crippen molar-refractivity contribution in [1.82, 2.24) is 4.90 Å². The summed E-state index contributed by atoms with van der Waals surface area (Å²) in [7, 11) is 0. The second-order valence-corrected chi connectivity index (χ2v) is 6.28. The summed E-state index contributed by atoms with van der Waals surface area (Å²) in [6.45, 7) is 4.26. The van der Waals surface area contributed by atoms with E-state index in [1.165, 1.54) is 12.1 Å². The lowest BCUT2D eigenvalue weighted by Crippen LogP contribution is -2.28. The number of hydrogen-bond acceptors (Lipinski definition) is 3. The number of aliphatic hydroxyl groups is 1. The second-order valence-electron chi connectivity index (χ2n) is 5.84. The van der Waals surface area contributed by atoms with Crippen LogP contribution in [0.3, 0.4) is 0 Å². The molecule has 0 spiro atoms. The van der Waals surface area contributed by atoms with E-state index in [0.29, 0.717) is 12.1 Å². The van der Waals surface area contributed by atoms with Gasteiger partial charge in [-0.2, -0.15) is 0 Å². The Labute approximate surface area is 124 Å². The molecule has 0 aliphatic carbocycles. The van der Waals surface area contributed by atoms with E-state index in [4.69, 9.17) is 18.0 Å². The highest BCUT2D eigenvalue weighted by atomic mass is 32.1. The van der Waals surface area contributed by atoms with Crippen LogP contribution in [0.1, 0.15) is 37.3 Å². The van der Waals surface area contributed by atoms with Crippen LogP contribution in [0.5, 0.6) is 0 Å². The molecule has 2 rings (SSSR count). The topological polar surface area (TPSA) is 49.5 Å². The van der Waals surface area contributed by atoms with Crippen LogP contribution in [0.2, 0.25) is 0 Å². The summed E-state index contributed by atoms with van der Waals surface area (Å²) in [5.41, 5.74) is 6.42. The van der Waals surface area contributed by atoms with Crippen molar-refractivity contribution in [3.63, 3.8) is 0 Å². The van der Waals surface area contributed by atoms with E-state index in [0.717, 1.165) is 37.9 Å². The number of halogens is 1. The molecule has 1 atom stereocenters. The Kier molecular flexibility index (Phi) is 4.73. The summed E-state index contributed by atoms with van der Waals surface area (Å²) in [6.07, 6.45) is 2.50. The van der Waals surface area contributed by atoms with Crippen molar-refractivity contribution in [3.8, 4) is 0 Å². The normalized spacial score (nSPS) is 24.4. The highest BCUT2D eigenvalue weighted by Crippen LogP contribution is 2.22. The molecule has 3 N–H and O–H groups in total. The smallest absolute Gasteiger partial charge is 0.124 e. The number of nitrogens with zero attached hydrogens (tertiary/aromatic N) is 1. The first kappa shape index (κ1) is 15.4. The van der Waals surface area contributed by atoms with Gasteiger partial charge in [-0.1, -0.05) is 12.2 Å². The Morgan fingerprint density at radius 2 is 2.15 bits per heavy atom. The zero-order valence-corrected chi connectivity index (χ0v) is 12.5. The van der Waals surface area contributed by atoms with Crippen LogP contribution >= 0.6 is 12.2 Å². The minimum atomic E-state index is -0.583. The van der Waals surface area contributed by atoms with Gasteiger partial charge in [0, 0.05) is 18.7 Å². The first-order valence-corrected chi connectivity index (χ1v) is 7.31. The van der Waals surface area contributed by atoms with Gasteiger partial charge in [0.15, 0.2) is 0 Å². The molecule has 3 nitrogen and oxygen atoms in total. The molecule has 0 bridgehead atoms. The molecule has 1 aromatic rings. The first-order chi connectivity index (χ1) is 9.35. The molecular formula is C15H21FN2OS. The van der Waals surface area contributed by atoms with E-state index in [9.17, 15) is 9.50 Å². The van der Waals surface area contributed by atoms with Gasteiger partial charge in [0.25, 0.3) is 0 Å². The standard InChI is InChI=1S/C15H21FN2OS/c1-15(19)3-2-5-18(6-4-15)10-11-7-12(14(17)20)9-13(16)8-11/h7-9,19H,2-6,10H2,1H3,(H2,17,20). The average molecular weight is 296 g/mol. The van der Waals surface area contributed by atoms with Crippen molar-refractivity contribution < 1.29 is 9.50 Å². The Hall–Kier alpha value is -1.04. The molecule has 1 aliphatic heterocycles. The molecule has 1 aliphatic rings. The van der Waals surface area contributed by atoms with Gasteiger partial charge in [0.1, 0.15) is 10.8 Å². The molecule has 0 amide bonds. The van der Waals surface area contributed by atoms with E-state index >= 15 is 0 Å². The molecule has 1 aromatic carbocycles. The van der Waals surface area contributed by atoms with Gasteiger partial charge in [0.2, 0.25) is 0 Å². The van der Waals surface area contributed by atoms with Crippen LogP contribution in [0.4, 0.5) is 4.39 Å². The number of hydrogen-bond donors (Lipinski definition) is 2. The minimum Gasteiger partial charge on any atom is -0.390 e. The predicted molar refractivity (Wildman–Crippen MR) is 82.0 cm³/mol. The number of benzene rings is 1. The number of thiocarbonyl (C=S) groups is 1. The summed E-state index contributed by atoms with van der Waals surface area (Å²) < 4.78 is 13.6. The average Bonchev–Trinajstić information content (AvgIpc) is 2.50. The monoisotopic (exact) mass is 296 g/mol. The molecule has 110 valence electrons.